The molecule has 0 saturated heterocycles. The van der Waals surface area contributed by atoms with Gasteiger partial charge in [0.25, 0.3) is 11.5 Å². The minimum absolute atomic E-state index is 0.0879. The summed E-state index contributed by atoms with van der Waals surface area (Å²) in [5, 5.41) is 16.5. The molecule has 3 aromatic carbocycles. The quantitative estimate of drug-likeness (QED) is 0.161. The van der Waals surface area contributed by atoms with Crippen molar-refractivity contribution in [2.24, 2.45) is 13.0 Å². The molecule has 3 heterocycles. The first-order chi connectivity index (χ1) is 25.1. The third-order valence-corrected chi connectivity index (χ3v) is 8.13. The molecule has 0 spiro atoms. The first-order valence-electron chi connectivity index (χ1n) is 16.7. The predicted molar refractivity (Wildman–Crippen MR) is 193 cm³/mol. The molecule has 53 heavy (non-hydrogen) atoms. The Morgan fingerprint density at radius 1 is 0.962 bits per heavy atom. The number of hydrogen-bond acceptors (Lipinski definition) is 6. The largest absolute Gasteiger partial charge is 0.437 e. The van der Waals surface area contributed by atoms with E-state index < -0.39 is 29.2 Å². The Labute approximate surface area is 304 Å². The van der Waals surface area contributed by atoms with E-state index in [1.54, 1.807) is 36.5 Å². The molecule has 0 saturated carbocycles. The van der Waals surface area contributed by atoms with Gasteiger partial charge in [0.1, 0.15) is 23.8 Å². The van der Waals surface area contributed by atoms with Gasteiger partial charge in [0.05, 0.1) is 67.8 Å². The number of quaternary nitrogens is 1. The summed E-state index contributed by atoms with van der Waals surface area (Å²) in [6.07, 6.45) is -1.58. The maximum absolute atomic E-state index is 14.2. The highest BCUT2D eigenvalue weighted by Crippen LogP contribution is 2.32. The van der Waals surface area contributed by atoms with Crippen LogP contribution in [-0.4, -0.2) is 55.7 Å². The molecule has 0 aliphatic carbocycles. The molecule has 274 valence electrons. The maximum atomic E-state index is 14.2. The lowest BCUT2D eigenvalue weighted by Crippen LogP contribution is -2.35. The van der Waals surface area contributed by atoms with E-state index in [4.69, 9.17) is 4.42 Å². The Morgan fingerprint density at radius 2 is 1.60 bits per heavy atom. The van der Waals surface area contributed by atoms with E-state index in [-0.39, 0.29) is 28.8 Å². The fourth-order valence-corrected chi connectivity index (χ4v) is 5.69. The average Bonchev–Trinajstić information content (AvgIpc) is 3.84. The van der Waals surface area contributed by atoms with Gasteiger partial charge in [-0.1, -0.05) is 56.3 Å². The maximum Gasteiger partial charge on any atom is 0.416 e. The van der Waals surface area contributed by atoms with Gasteiger partial charge in [-0.05, 0) is 54.4 Å². The number of halogens is 3. The first kappa shape index (κ1) is 38.0. The van der Waals surface area contributed by atoms with Crippen molar-refractivity contribution in [1.29, 1.82) is 5.26 Å². The minimum atomic E-state index is -4.66. The van der Waals surface area contributed by atoms with Crippen molar-refractivity contribution in [1.82, 2.24) is 29.4 Å². The summed E-state index contributed by atoms with van der Waals surface area (Å²) in [5.74, 6) is -0.110. The van der Waals surface area contributed by atoms with Crippen LogP contribution in [0, 0.1) is 17.2 Å². The number of benzene rings is 3. The predicted octanol–water partition coefficient (Wildman–Crippen LogP) is 6.93. The van der Waals surface area contributed by atoms with Gasteiger partial charge >= 0.3 is 6.18 Å². The fourth-order valence-electron chi connectivity index (χ4n) is 5.69. The molecule has 6 rings (SSSR count). The zero-order chi connectivity index (χ0) is 38.5. The van der Waals surface area contributed by atoms with Crippen molar-refractivity contribution in [2.45, 2.75) is 32.6 Å². The Balaban J connectivity index is 0.000000820. The summed E-state index contributed by atoms with van der Waals surface area (Å²) in [6.45, 7) is 4.28. The molecule has 1 amide bonds. The second-order valence-corrected chi connectivity index (χ2v) is 13.7. The average molecular weight is 726 g/mol. The third kappa shape index (κ3) is 8.82. The van der Waals surface area contributed by atoms with E-state index in [0.29, 0.717) is 33.7 Å². The van der Waals surface area contributed by atoms with E-state index in [2.05, 4.69) is 21.5 Å². The van der Waals surface area contributed by atoms with Crippen LogP contribution in [0.2, 0.25) is 0 Å². The van der Waals surface area contributed by atoms with Crippen molar-refractivity contribution in [3.8, 4) is 28.8 Å². The lowest BCUT2D eigenvalue weighted by molar-refractivity contribution is -0.884. The molecular weight excluding hydrogens is 685 g/mol. The molecule has 1 atom stereocenters. The zero-order valence-electron chi connectivity index (χ0n) is 30.2. The van der Waals surface area contributed by atoms with E-state index in [1.807, 2.05) is 71.4 Å². The second-order valence-electron chi connectivity index (χ2n) is 13.7. The van der Waals surface area contributed by atoms with Gasteiger partial charge < -0.3 is 14.2 Å². The molecular formula is C39H40F3N8O3+. The number of hydrogen-bond donors (Lipinski definition) is 1. The van der Waals surface area contributed by atoms with Crippen LogP contribution >= 0.6 is 0 Å². The Hall–Kier alpha value is -6.20. The van der Waals surface area contributed by atoms with Crippen molar-refractivity contribution >= 4 is 5.91 Å². The lowest BCUT2D eigenvalue weighted by Gasteiger charge is -2.22. The highest BCUT2D eigenvalue weighted by Gasteiger charge is 2.34. The Morgan fingerprint density at radius 3 is 2.17 bits per heavy atom. The number of nitrogens with zero attached hydrogens (tertiary/aromatic N) is 7. The third-order valence-electron chi connectivity index (χ3n) is 8.13. The molecule has 1 unspecified atom stereocenters. The number of rotatable bonds is 9. The number of nitriles is 1. The molecule has 0 aliphatic heterocycles. The van der Waals surface area contributed by atoms with Gasteiger partial charge in [0.15, 0.2) is 5.76 Å². The fraction of sp³-hybridized carbons (Fsp3) is 0.256. The molecule has 0 fully saturated rings. The molecule has 0 radical (unpaired) electrons. The summed E-state index contributed by atoms with van der Waals surface area (Å²) in [4.78, 5) is 32.8. The van der Waals surface area contributed by atoms with Crippen molar-refractivity contribution < 1.29 is 26.9 Å². The van der Waals surface area contributed by atoms with E-state index >= 15 is 0 Å². The number of carbonyl (C=O) groups is 1. The van der Waals surface area contributed by atoms with E-state index in [1.165, 1.54) is 34.7 Å². The Bertz CT molecular complexity index is 2240. The van der Waals surface area contributed by atoms with Crippen LogP contribution in [0.15, 0.2) is 113 Å². The van der Waals surface area contributed by atoms with Crippen LogP contribution in [0.4, 0.5) is 13.2 Å². The highest BCUT2D eigenvalue weighted by atomic mass is 19.4. The van der Waals surface area contributed by atoms with Crippen molar-refractivity contribution in [3.63, 3.8) is 0 Å². The van der Waals surface area contributed by atoms with Crippen LogP contribution < -0.4 is 10.9 Å². The molecule has 0 aliphatic rings. The molecule has 14 heteroatoms. The molecule has 6 aromatic rings. The summed E-state index contributed by atoms with van der Waals surface area (Å²) in [7, 11) is 7.48. The van der Waals surface area contributed by atoms with Gasteiger partial charge in [0.2, 0.25) is 5.89 Å². The van der Waals surface area contributed by atoms with Crippen LogP contribution in [0.5, 0.6) is 0 Å². The van der Waals surface area contributed by atoms with Gasteiger partial charge in [-0.15, -0.1) is 0 Å². The van der Waals surface area contributed by atoms with Crippen LogP contribution in [0.3, 0.4) is 0 Å². The normalized spacial score (nSPS) is 12.2. The van der Waals surface area contributed by atoms with Gasteiger partial charge in [0, 0.05) is 7.05 Å². The van der Waals surface area contributed by atoms with Crippen LogP contribution in [-0.2, 0) is 19.8 Å². The van der Waals surface area contributed by atoms with Crippen LogP contribution in [0.25, 0.3) is 22.8 Å². The summed E-state index contributed by atoms with van der Waals surface area (Å²) in [6, 6.07) is 25.7. The van der Waals surface area contributed by atoms with E-state index in [9.17, 15) is 28.0 Å². The minimum Gasteiger partial charge on any atom is -0.437 e. The molecule has 11 nitrogen and oxygen atoms in total. The second kappa shape index (κ2) is 15.6. The van der Waals surface area contributed by atoms with Crippen molar-refractivity contribution in [2.75, 3.05) is 21.1 Å². The van der Waals surface area contributed by atoms with Crippen LogP contribution in [0.1, 0.15) is 53.0 Å². The molecule has 3 aromatic heterocycles. The van der Waals surface area contributed by atoms with Gasteiger partial charge in [-0.2, -0.15) is 23.5 Å². The van der Waals surface area contributed by atoms with E-state index in [0.717, 1.165) is 16.8 Å². The monoisotopic (exact) mass is 725 g/mol. The first-order valence-corrected chi connectivity index (χ1v) is 16.7. The number of aromatic nitrogens is 5. The summed E-state index contributed by atoms with van der Waals surface area (Å²) >= 11 is 0. The topological polar surface area (TPSA) is 124 Å². The highest BCUT2D eigenvalue weighted by molar-refractivity contribution is 6.00. The molecule has 1 N–H and O–H groups in total. The standard InChI is InChI=1S/C33H33F3N8O3.C6H6/c1-20(2)28(31-38-18-25(47-31)19-44(4,5)6)40-30(45)27-29(26-14-15-39-42(26)23-12-10-21(17-37)11-13-23)41(3)43(32(27)46)24-9-7-8-22(16-24)33(34,35)36;1-2-4-6-5-3-1/h7-16,18,20,28H,19H2,1-6H3;1-6H/p+1. The number of alkyl halides is 3. The molecule has 0 bridgehead atoms. The zero-order valence-corrected chi connectivity index (χ0v) is 30.2. The number of nitrogens with one attached hydrogen (secondary N) is 1. The van der Waals surface area contributed by atoms with Gasteiger partial charge in [-0.3, -0.25) is 14.3 Å². The smallest absolute Gasteiger partial charge is 0.416 e. The van der Waals surface area contributed by atoms with Gasteiger partial charge in [-0.25, -0.2) is 14.3 Å². The lowest BCUT2D eigenvalue weighted by atomic mass is 10.0. The summed E-state index contributed by atoms with van der Waals surface area (Å²) in [5.41, 5.74) is -0.834. The number of oxazole rings is 1. The number of carbonyl (C=O) groups excluding carboxylic acids is 1. The summed E-state index contributed by atoms with van der Waals surface area (Å²) < 4.78 is 51.5. The SMILES string of the molecule is CC(C)C(NC(=O)c1c(-c2ccnn2-c2ccc(C#N)cc2)n(C)n(-c2cccc(C(F)(F)F)c2)c1=O)c1ncc(C[N+](C)(C)C)o1.c1ccccc1. The number of amides is 1. The Kier molecular flexibility index (Phi) is 11.2. The van der Waals surface area contributed by atoms with Crippen molar-refractivity contribution in [3.05, 3.63) is 142 Å².